The molecule has 1 aromatic carbocycles. The number of halogens is 2. The summed E-state index contributed by atoms with van der Waals surface area (Å²) in [5.41, 5.74) is 8.76. The van der Waals surface area contributed by atoms with Gasteiger partial charge >= 0.3 is 0 Å². The number of benzene rings is 1. The number of nitrogens with two attached hydrogens (primary N) is 1. The number of fused-ring (bicyclic) bond motifs is 1. The second kappa shape index (κ2) is 4.20. The van der Waals surface area contributed by atoms with Crippen LogP contribution in [0.25, 0.3) is 22.6 Å². The Morgan fingerprint density at radius 2 is 2.05 bits per heavy atom. The van der Waals surface area contributed by atoms with Crippen LogP contribution in [0.2, 0.25) is 5.15 Å². The van der Waals surface area contributed by atoms with Gasteiger partial charge in [-0.25, -0.2) is 14.4 Å². The van der Waals surface area contributed by atoms with Crippen LogP contribution < -0.4 is 5.73 Å². The molecule has 0 radical (unpaired) electrons. The van der Waals surface area contributed by atoms with Crippen molar-refractivity contribution in [3.63, 3.8) is 0 Å². The van der Waals surface area contributed by atoms with Gasteiger partial charge in [0.1, 0.15) is 16.8 Å². The standard InChI is InChI=1S/C13H10ClFN4/c1-6-8(4-7(15)5-9(6)16)12-17-10-2-3-11(14)18-13(10)19-12/h2-5H,16H2,1H3,(H,17,18,19). The van der Waals surface area contributed by atoms with Gasteiger partial charge in [0.2, 0.25) is 0 Å². The van der Waals surface area contributed by atoms with Crippen LogP contribution in [-0.2, 0) is 0 Å². The highest BCUT2D eigenvalue weighted by atomic mass is 35.5. The maximum atomic E-state index is 13.5. The maximum Gasteiger partial charge on any atom is 0.179 e. The van der Waals surface area contributed by atoms with Gasteiger partial charge in [-0.3, -0.25) is 0 Å². The Morgan fingerprint density at radius 1 is 1.26 bits per heavy atom. The zero-order chi connectivity index (χ0) is 13.6. The molecule has 0 atom stereocenters. The van der Waals surface area contributed by atoms with Crippen molar-refractivity contribution >= 4 is 28.5 Å². The van der Waals surface area contributed by atoms with E-state index in [1.807, 2.05) is 6.92 Å². The number of hydrogen-bond donors (Lipinski definition) is 2. The van der Waals surface area contributed by atoms with Gasteiger partial charge in [0.25, 0.3) is 0 Å². The average molecular weight is 277 g/mol. The molecule has 3 N–H and O–H groups in total. The van der Waals surface area contributed by atoms with Crippen molar-refractivity contribution in [2.75, 3.05) is 5.73 Å². The molecule has 3 rings (SSSR count). The second-order valence-corrected chi connectivity index (χ2v) is 4.65. The van der Waals surface area contributed by atoms with Crippen molar-refractivity contribution in [3.05, 3.63) is 40.8 Å². The van der Waals surface area contributed by atoms with Crippen molar-refractivity contribution in [1.82, 2.24) is 15.0 Å². The fourth-order valence-corrected chi connectivity index (χ4v) is 2.09. The monoisotopic (exact) mass is 276 g/mol. The Balaban J connectivity index is 2.24. The molecular formula is C13H10ClFN4. The molecule has 6 heteroatoms. The van der Waals surface area contributed by atoms with Gasteiger partial charge in [-0.1, -0.05) is 11.6 Å². The van der Waals surface area contributed by atoms with Gasteiger partial charge in [-0.05, 0) is 36.8 Å². The minimum Gasteiger partial charge on any atom is -0.398 e. The van der Waals surface area contributed by atoms with Gasteiger partial charge in [0.05, 0.1) is 5.52 Å². The number of anilines is 1. The third-order valence-electron chi connectivity index (χ3n) is 2.98. The topological polar surface area (TPSA) is 67.6 Å². The smallest absolute Gasteiger partial charge is 0.179 e. The van der Waals surface area contributed by atoms with Gasteiger partial charge in [-0.2, -0.15) is 0 Å². The summed E-state index contributed by atoms with van der Waals surface area (Å²) in [5, 5.41) is 0.362. The number of pyridine rings is 1. The molecule has 4 nitrogen and oxygen atoms in total. The Morgan fingerprint density at radius 3 is 2.84 bits per heavy atom. The molecule has 2 heterocycles. The summed E-state index contributed by atoms with van der Waals surface area (Å²) in [7, 11) is 0. The third-order valence-corrected chi connectivity index (χ3v) is 3.19. The highest BCUT2D eigenvalue weighted by Gasteiger charge is 2.12. The van der Waals surface area contributed by atoms with Crippen molar-refractivity contribution in [1.29, 1.82) is 0 Å². The summed E-state index contributed by atoms with van der Waals surface area (Å²) in [4.78, 5) is 11.5. The molecule has 3 aromatic rings. The highest BCUT2D eigenvalue weighted by molar-refractivity contribution is 6.29. The number of imidazole rings is 1. The summed E-state index contributed by atoms with van der Waals surface area (Å²) in [6, 6.07) is 6.12. The van der Waals surface area contributed by atoms with Crippen LogP contribution in [0.3, 0.4) is 0 Å². The van der Waals surface area contributed by atoms with E-state index in [1.165, 1.54) is 12.1 Å². The molecule has 96 valence electrons. The van der Waals surface area contributed by atoms with Crippen LogP contribution in [0, 0.1) is 12.7 Å². The van der Waals surface area contributed by atoms with E-state index >= 15 is 0 Å². The van der Waals surface area contributed by atoms with Crippen molar-refractivity contribution in [3.8, 4) is 11.4 Å². The van der Waals surface area contributed by atoms with Crippen LogP contribution in [0.4, 0.5) is 10.1 Å². The molecule has 0 saturated heterocycles. The van der Waals surface area contributed by atoms with E-state index < -0.39 is 5.82 Å². The molecule has 0 saturated carbocycles. The average Bonchev–Trinajstić information content (AvgIpc) is 2.76. The maximum absolute atomic E-state index is 13.5. The number of H-pyrrole nitrogens is 1. The van der Waals surface area contributed by atoms with Crippen molar-refractivity contribution < 1.29 is 4.39 Å². The zero-order valence-corrected chi connectivity index (χ0v) is 10.8. The number of nitrogen functional groups attached to an aromatic ring is 1. The first-order valence-electron chi connectivity index (χ1n) is 5.63. The van der Waals surface area contributed by atoms with E-state index in [0.29, 0.717) is 27.9 Å². The molecule has 0 bridgehead atoms. The quantitative estimate of drug-likeness (QED) is 0.529. The van der Waals surface area contributed by atoms with Crippen LogP contribution in [0.15, 0.2) is 24.3 Å². The predicted octanol–water partition coefficient (Wildman–Crippen LogP) is 3.31. The minimum atomic E-state index is -0.399. The fraction of sp³-hybridized carbons (Fsp3) is 0.0769. The van der Waals surface area contributed by atoms with Gasteiger partial charge in [0, 0.05) is 11.3 Å². The predicted molar refractivity (Wildman–Crippen MR) is 73.4 cm³/mol. The summed E-state index contributed by atoms with van der Waals surface area (Å²) >= 11 is 5.81. The molecule has 0 unspecified atom stereocenters. The Kier molecular flexibility index (Phi) is 2.64. The van der Waals surface area contributed by atoms with E-state index in [1.54, 1.807) is 12.1 Å². The van der Waals surface area contributed by atoms with Crippen molar-refractivity contribution in [2.45, 2.75) is 6.92 Å². The van der Waals surface area contributed by atoms with Crippen LogP contribution in [0.5, 0.6) is 0 Å². The van der Waals surface area contributed by atoms with Crippen molar-refractivity contribution in [2.24, 2.45) is 0 Å². The lowest BCUT2D eigenvalue weighted by Gasteiger charge is -2.06. The zero-order valence-electron chi connectivity index (χ0n) is 10.0. The number of aromatic nitrogens is 3. The molecule has 19 heavy (non-hydrogen) atoms. The van der Waals surface area contributed by atoms with Crippen LogP contribution >= 0.6 is 11.6 Å². The molecular weight excluding hydrogens is 267 g/mol. The summed E-state index contributed by atoms with van der Waals surface area (Å²) in [5.74, 6) is 0.123. The lowest BCUT2D eigenvalue weighted by molar-refractivity contribution is 0.628. The first-order valence-corrected chi connectivity index (χ1v) is 6.00. The summed E-state index contributed by atoms with van der Waals surface area (Å²) in [6.07, 6.45) is 0. The SMILES string of the molecule is Cc1c(N)cc(F)cc1-c1nc2nc(Cl)ccc2[nH]1. The Hall–Kier alpha value is -2.14. The van der Waals surface area contributed by atoms with Crippen LogP contribution in [-0.4, -0.2) is 15.0 Å². The van der Waals surface area contributed by atoms with Crippen LogP contribution in [0.1, 0.15) is 5.56 Å². The second-order valence-electron chi connectivity index (χ2n) is 4.26. The number of nitrogens with one attached hydrogen (secondary N) is 1. The lowest BCUT2D eigenvalue weighted by Crippen LogP contribution is -1.95. The minimum absolute atomic E-state index is 0.362. The van der Waals surface area contributed by atoms with Gasteiger partial charge in [0.15, 0.2) is 5.65 Å². The molecule has 0 fully saturated rings. The fourth-order valence-electron chi connectivity index (χ4n) is 1.94. The lowest BCUT2D eigenvalue weighted by atomic mass is 10.1. The summed E-state index contributed by atoms with van der Waals surface area (Å²) in [6.45, 7) is 1.82. The summed E-state index contributed by atoms with van der Waals surface area (Å²) < 4.78 is 13.5. The third kappa shape index (κ3) is 2.02. The van der Waals surface area contributed by atoms with E-state index in [-0.39, 0.29) is 0 Å². The van der Waals surface area contributed by atoms with Gasteiger partial charge in [-0.15, -0.1) is 0 Å². The highest BCUT2D eigenvalue weighted by Crippen LogP contribution is 2.28. The number of rotatable bonds is 1. The number of hydrogen-bond acceptors (Lipinski definition) is 3. The van der Waals surface area contributed by atoms with E-state index in [2.05, 4.69) is 15.0 Å². The Labute approximate surface area is 113 Å². The molecule has 0 amide bonds. The van der Waals surface area contributed by atoms with E-state index in [4.69, 9.17) is 17.3 Å². The van der Waals surface area contributed by atoms with E-state index in [0.717, 1.165) is 11.1 Å². The number of nitrogens with zero attached hydrogens (tertiary/aromatic N) is 2. The Bertz CT molecular complexity index is 782. The number of aromatic amines is 1. The molecule has 0 aliphatic carbocycles. The first-order chi connectivity index (χ1) is 9.04. The molecule has 2 aromatic heterocycles. The van der Waals surface area contributed by atoms with E-state index in [9.17, 15) is 4.39 Å². The van der Waals surface area contributed by atoms with Gasteiger partial charge < -0.3 is 10.7 Å². The molecule has 0 aliphatic rings. The molecule has 0 spiro atoms. The normalized spacial score (nSPS) is 11.1. The first kappa shape index (κ1) is 11.9. The molecule has 0 aliphatic heterocycles. The largest absolute Gasteiger partial charge is 0.398 e.